The molecule has 1 atom stereocenters. The minimum Gasteiger partial charge on any atom is -0.454 e. The Hall–Kier alpha value is -7.70. The van der Waals surface area contributed by atoms with Gasteiger partial charge in [0, 0.05) is 49.1 Å². The number of fused-ring (bicyclic) bond motifs is 9. The number of aliphatic imine (C=N–C) groups is 2. The van der Waals surface area contributed by atoms with Gasteiger partial charge in [0.15, 0.2) is 11.4 Å². The summed E-state index contributed by atoms with van der Waals surface area (Å²) in [5, 5.41) is 10.6. The first kappa shape index (κ1) is 31.6. The second-order valence-corrected chi connectivity index (χ2v) is 14.6. The molecule has 8 aromatic carbocycles. The van der Waals surface area contributed by atoms with Gasteiger partial charge in [-0.25, -0.2) is 9.98 Å². The maximum atomic E-state index is 6.95. The lowest BCUT2D eigenvalue weighted by molar-refractivity contribution is 0.665. The molecule has 0 aliphatic carbocycles. The molecule has 0 fully saturated rings. The van der Waals surface area contributed by atoms with Gasteiger partial charge in [0.2, 0.25) is 0 Å². The number of furan rings is 1. The number of aromatic nitrogens is 2. The molecule has 0 spiro atoms. The number of nitrogens with one attached hydrogen (secondary N) is 1. The van der Waals surface area contributed by atoms with Crippen molar-refractivity contribution < 1.29 is 4.42 Å². The quantitative estimate of drug-likeness (QED) is 0.192. The van der Waals surface area contributed by atoms with Crippen LogP contribution in [0.2, 0.25) is 0 Å². The molecule has 1 aliphatic heterocycles. The van der Waals surface area contributed by atoms with Gasteiger partial charge in [-0.2, -0.15) is 0 Å². The lowest BCUT2D eigenvalue weighted by atomic mass is 10.0. The average Bonchev–Trinajstić information content (AvgIpc) is 3.94. The first-order chi connectivity index (χ1) is 28.3. The predicted molar refractivity (Wildman–Crippen MR) is 234 cm³/mol. The van der Waals surface area contributed by atoms with Crippen LogP contribution in [-0.4, -0.2) is 20.8 Å². The molecule has 3 aromatic heterocycles. The lowest BCUT2D eigenvalue weighted by Gasteiger charge is -2.24. The number of benzene rings is 8. The van der Waals surface area contributed by atoms with Gasteiger partial charge in [-0.15, -0.1) is 0 Å². The second kappa shape index (κ2) is 12.4. The summed E-state index contributed by atoms with van der Waals surface area (Å²) in [7, 11) is 0. The van der Waals surface area contributed by atoms with Crippen molar-refractivity contribution in [3.63, 3.8) is 0 Å². The smallest absolute Gasteiger partial charge is 0.159 e. The third-order valence-corrected chi connectivity index (χ3v) is 11.4. The third kappa shape index (κ3) is 4.84. The Morgan fingerprint density at radius 1 is 0.491 bits per heavy atom. The van der Waals surface area contributed by atoms with Gasteiger partial charge < -0.3 is 18.9 Å². The van der Waals surface area contributed by atoms with Gasteiger partial charge in [-0.05, 0) is 54.1 Å². The molecule has 11 aromatic rings. The van der Waals surface area contributed by atoms with E-state index < -0.39 is 0 Å². The van der Waals surface area contributed by atoms with Crippen LogP contribution < -0.4 is 5.32 Å². The van der Waals surface area contributed by atoms with Crippen molar-refractivity contribution in [1.29, 1.82) is 0 Å². The number of hydrogen-bond acceptors (Lipinski definition) is 4. The van der Waals surface area contributed by atoms with Crippen LogP contribution in [0.1, 0.15) is 22.9 Å². The molecular weight excluding hydrogens is 699 g/mol. The van der Waals surface area contributed by atoms with Gasteiger partial charge in [-0.1, -0.05) is 140 Å². The van der Waals surface area contributed by atoms with Gasteiger partial charge >= 0.3 is 0 Å². The minimum atomic E-state index is -0.307. The molecule has 1 unspecified atom stereocenters. The largest absolute Gasteiger partial charge is 0.454 e. The van der Waals surface area contributed by atoms with Crippen LogP contribution in [0, 0.1) is 0 Å². The van der Waals surface area contributed by atoms with Crippen molar-refractivity contribution in [3.05, 3.63) is 205 Å². The predicted octanol–water partition coefficient (Wildman–Crippen LogP) is 12.3. The van der Waals surface area contributed by atoms with E-state index in [1.165, 1.54) is 27.1 Å². The number of nitrogens with zero attached hydrogens (tertiary/aromatic N) is 4. The van der Waals surface area contributed by atoms with E-state index in [-0.39, 0.29) is 6.17 Å². The molecule has 1 N–H and O–H groups in total. The van der Waals surface area contributed by atoms with Crippen LogP contribution in [0.15, 0.2) is 202 Å². The molecule has 0 saturated carbocycles. The number of hydrogen-bond donors (Lipinski definition) is 1. The van der Waals surface area contributed by atoms with Crippen molar-refractivity contribution >= 4 is 77.2 Å². The highest BCUT2D eigenvalue weighted by Gasteiger charge is 2.25. The molecule has 0 bridgehead atoms. The Morgan fingerprint density at radius 2 is 1.11 bits per heavy atom. The summed E-state index contributed by atoms with van der Waals surface area (Å²) in [5.41, 5.74) is 11.3. The third-order valence-electron chi connectivity index (χ3n) is 11.4. The number of amidine groups is 2. The fourth-order valence-corrected chi connectivity index (χ4v) is 8.86. The van der Waals surface area contributed by atoms with Crippen LogP contribution in [0.5, 0.6) is 0 Å². The standard InChI is InChI=1S/C51H33N5O/c1-4-16-32(17-5-1)49-52-50(33-18-6-2-7-19-33)54-51(53-49)38-25-15-29-46-47(38)37-24-14-28-43(48(37)57-46)56-42-27-13-11-23-36(42)40-30-39-35-22-10-12-26-41(35)55(44(39)31-45(40)56)34-20-8-3-9-21-34/h1-31,49H,(H,52,53,54). The van der Waals surface area contributed by atoms with Crippen LogP contribution in [-0.2, 0) is 0 Å². The zero-order valence-electron chi connectivity index (χ0n) is 30.7. The summed E-state index contributed by atoms with van der Waals surface area (Å²) in [6.45, 7) is 0. The summed E-state index contributed by atoms with van der Waals surface area (Å²) in [6.07, 6.45) is -0.307. The van der Waals surface area contributed by atoms with Gasteiger partial charge in [-0.3, -0.25) is 0 Å². The van der Waals surface area contributed by atoms with E-state index in [0.717, 1.165) is 72.4 Å². The van der Waals surface area contributed by atoms with E-state index in [0.29, 0.717) is 5.84 Å². The Morgan fingerprint density at radius 3 is 1.86 bits per heavy atom. The minimum absolute atomic E-state index is 0.307. The maximum Gasteiger partial charge on any atom is 0.159 e. The van der Waals surface area contributed by atoms with E-state index in [4.69, 9.17) is 14.4 Å². The van der Waals surface area contributed by atoms with Crippen molar-refractivity contribution in [3.8, 4) is 11.4 Å². The molecule has 12 rings (SSSR count). The Kier molecular flexibility index (Phi) is 6.89. The maximum absolute atomic E-state index is 6.95. The highest BCUT2D eigenvalue weighted by Crippen LogP contribution is 2.42. The first-order valence-corrected chi connectivity index (χ1v) is 19.3. The van der Waals surface area contributed by atoms with E-state index in [1.807, 2.05) is 36.4 Å². The SMILES string of the molecule is c1ccc(C2=NC(c3ccccc3)NC(c3cccc4oc5c(-n6c7ccccc7c7cc8c9ccccc9n(-c9ccccc9)c8cc76)cccc5c34)=N2)cc1. The normalized spacial score (nSPS) is 14.5. The van der Waals surface area contributed by atoms with Gasteiger partial charge in [0.25, 0.3) is 0 Å². The topological polar surface area (TPSA) is 59.8 Å². The van der Waals surface area contributed by atoms with Crippen LogP contribution >= 0.6 is 0 Å². The zero-order valence-corrected chi connectivity index (χ0v) is 30.7. The van der Waals surface area contributed by atoms with Crippen molar-refractivity contribution in [2.45, 2.75) is 6.17 Å². The summed E-state index contributed by atoms with van der Waals surface area (Å²) >= 11 is 0. The highest BCUT2D eigenvalue weighted by atomic mass is 16.3. The summed E-state index contributed by atoms with van der Waals surface area (Å²) < 4.78 is 11.7. The number of rotatable bonds is 5. The fraction of sp³-hybridized carbons (Fsp3) is 0.0196. The van der Waals surface area contributed by atoms with Gasteiger partial charge in [0.05, 0.1) is 27.8 Å². The van der Waals surface area contributed by atoms with Crippen molar-refractivity contribution in [2.24, 2.45) is 9.98 Å². The molecule has 4 heterocycles. The fourth-order valence-electron chi connectivity index (χ4n) is 8.86. The van der Waals surface area contributed by atoms with Crippen molar-refractivity contribution in [1.82, 2.24) is 14.5 Å². The zero-order chi connectivity index (χ0) is 37.5. The van der Waals surface area contributed by atoms with Crippen LogP contribution in [0.4, 0.5) is 0 Å². The molecule has 0 radical (unpaired) electrons. The summed E-state index contributed by atoms with van der Waals surface area (Å²) in [4.78, 5) is 10.3. The lowest BCUT2D eigenvalue weighted by Crippen LogP contribution is -2.33. The van der Waals surface area contributed by atoms with Crippen LogP contribution in [0.3, 0.4) is 0 Å². The Bertz CT molecular complexity index is 3430. The summed E-state index contributed by atoms with van der Waals surface area (Å²) in [6, 6.07) is 66.0. The van der Waals surface area contributed by atoms with E-state index in [2.05, 4.69) is 166 Å². The molecule has 0 amide bonds. The molecule has 6 nitrogen and oxygen atoms in total. The Labute approximate surface area is 327 Å². The molecule has 6 heteroatoms. The van der Waals surface area contributed by atoms with Crippen LogP contribution in [0.25, 0.3) is 76.9 Å². The monoisotopic (exact) mass is 731 g/mol. The molecule has 1 aliphatic rings. The molecule has 0 saturated heterocycles. The van der Waals surface area contributed by atoms with Gasteiger partial charge in [0.1, 0.15) is 17.6 Å². The molecule has 268 valence electrons. The number of para-hydroxylation sites is 4. The molecular formula is C51H33N5O. The average molecular weight is 732 g/mol. The van der Waals surface area contributed by atoms with E-state index in [1.54, 1.807) is 0 Å². The molecule has 57 heavy (non-hydrogen) atoms. The Balaban J connectivity index is 1.10. The summed E-state index contributed by atoms with van der Waals surface area (Å²) in [5.74, 6) is 1.44. The van der Waals surface area contributed by atoms with E-state index in [9.17, 15) is 0 Å². The highest BCUT2D eigenvalue weighted by molar-refractivity contribution is 6.23. The second-order valence-electron chi connectivity index (χ2n) is 14.6. The van der Waals surface area contributed by atoms with Crippen molar-refractivity contribution in [2.75, 3.05) is 0 Å². The van der Waals surface area contributed by atoms with E-state index >= 15 is 0 Å². The first-order valence-electron chi connectivity index (χ1n) is 19.3.